The molecule has 3 rings (SSSR count). The number of benzene rings is 1. The Balaban J connectivity index is 0.00000210. The molecule has 1 aromatic rings. The van der Waals surface area contributed by atoms with Crippen molar-refractivity contribution < 1.29 is 9.59 Å². The van der Waals surface area contributed by atoms with Gasteiger partial charge < -0.3 is 16.0 Å². The van der Waals surface area contributed by atoms with E-state index in [0.29, 0.717) is 19.6 Å². The predicted octanol–water partition coefficient (Wildman–Crippen LogP) is 2.69. The van der Waals surface area contributed by atoms with Gasteiger partial charge in [0.2, 0.25) is 11.8 Å². The topological polar surface area (TPSA) is 78.7 Å². The second-order valence-corrected chi connectivity index (χ2v) is 7.78. The minimum atomic E-state index is 0. The molecule has 1 aliphatic carbocycles. The summed E-state index contributed by atoms with van der Waals surface area (Å²) in [6.45, 7) is 5.34. The number of amides is 2. The van der Waals surface area contributed by atoms with E-state index in [9.17, 15) is 9.59 Å². The standard InChI is InChI=1S/C21H32N4O2.2ClH/c1-2-16-6-3-4-9-19(16)23-20(26)15-24-10-12-25(13-11-24)21(27)17-7-5-8-18(22)14-17;;/h3-4,6,9,17-18H,2,5,7-8,10-15,22H2,1H3,(H,23,26);2*1H. The maximum absolute atomic E-state index is 12.7. The second kappa shape index (κ2) is 12.4. The molecular weight excluding hydrogens is 411 g/mol. The molecule has 2 atom stereocenters. The van der Waals surface area contributed by atoms with Crippen molar-refractivity contribution in [2.24, 2.45) is 11.7 Å². The first-order valence-corrected chi connectivity index (χ1v) is 10.2. The zero-order chi connectivity index (χ0) is 19.2. The van der Waals surface area contributed by atoms with Gasteiger partial charge in [-0.3, -0.25) is 14.5 Å². The first kappa shape index (κ1) is 25.7. The molecule has 1 saturated heterocycles. The summed E-state index contributed by atoms with van der Waals surface area (Å²) in [6, 6.07) is 8.09. The number of hydrogen-bond donors (Lipinski definition) is 2. The normalized spacial score (nSPS) is 22.2. The Morgan fingerprint density at radius 2 is 1.79 bits per heavy atom. The van der Waals surface area contributed by atoms with Crippen molar-refractivity contribution in [2.75, 3.05) is 38.0 Å². The van der Waals surface area contributed by atoms with Crippen molar-refractivity contribution in [3.8, 4) is 0 Å². The number of aryl methyl sites for hydroxylation is 1. The number of hydrogen-bond acceptors (Lipinski definition) is 4. The minimum absolute atomic E-state index is 0. The lowest BCUT2D eigenvalue weighted by Crippen LogP contribution is -2.52. The van der Waals surface area contributed by atoms with Gasteiger partial charge >= 0.3 is 0 Å². The van der Waals surface area contributed by atoms with Gasteiger partial charge in [-0.1, -0.05) is 31.5 Å². The maximum Gasteiger partial charge on any atom is 0.238 e. The Hall–Kier alpha value is -1.34. The van der Waals surface area contributed by atoms with Gasteiger partial charge in [0.25, 0.3) is 0 Å². The molecule has 1 aromatic carbocycles. The number of carbonyl (C=O) groups excluding carboxylic acids is 2. The van der Waals surface area contributed by atoms with Crippen LogP contribution in [0.5, 0.6) is 0 Å². The van der Waals surface area contributed by atoms with Gasteiger partial charge in [-0.15, -0.1) is 24.8 Å². The predicted molar refractivity (Wildman–Crippen MR) is 122 cm³/mol. The summed E-state index contributed by atoms with van der Waals surface area (Å²) >= 11 is 0. The van der Waals surface area contributed by atoms with Crippen molar-refractivity contribution in [1.29, 1.82) is 0 Å². The fourth-order valence-corrected chi connectivity index (χ4v) is 4.18. The van der Waals surface area contributed by atoms with E-state index in [-0.39, 0.29) is 48.6 Å². The number of piperazine rings is 1. The van der Waals surface area contributed by atoms with Gasteiger partial charge in [0, 0.05) is 43.8 Å². The Morgan fingerprint density at radius 3 is 2.45 bits per heavy atom. The smallest absolute Gasteiger partial charge is 0.238 e. The van der Waals surface area contributed by atoms with Gasteiger partial charge in [-0.05, 0) is 37.3 Å². The number of nitrogens with one attached hydrogen (secondary N) is 1. The highest BCUT2D eigenvalue weighted by atomic mass is 35.5. The number of carbonyl (C=O) groups is 2. The number of rotatable bonds is 5. The molecule has 8 heteroatoms. The van der Waals surface area contributed by atoms with Gasteiger partial charge in [0.1, 0.15) is 0 Å². The van der Waals surface area contributed by atoms with Crippen LogP contribution in [0.3, 0.4) is 0 Å². The molecule has 6 nitrogen and oxygen atoms in total. The third-order valence-electron chi connectivity index (χ3n) is 5.79. The van der Waals surface area contributed by atoms with Crippen LogP contribution >= 0.6 is 24.8 Å². The number of anilines is 1. The number of para-hydroxylation sites is 1. The summed E-state index contributed by atoms with van der Waals surface area (Å²) in [7, 11) is 0. The van der Waals surface area contributed by atoms with E-state index in [0.717, 1.165) is 56.4 Å². The van der Waals surface area contributed by atoms with Crippen molar-refractivity contribution in [1.82, 2.24) is 9.80 Å². The largest absolute Gasteiger partial charge is 0.340 e. The third kappa shape index (κ3) is 7.14. The number of halogens is 2. The van der Waals surface area contributed by atoms with E-state index in [2.05, 4.69) is 17.1 Å². The minimum Gasteiger partial charge on any atom is -0.340 e. The van der Waals surface area contributed by atoms with Crippen LogP contribution in [-0.4, -0.2) is 60.4 Å². The average Bonchev–Trinajstić information content (AvgIpc) is 2.68. The molecule has 0 bridgehead atoms. The summed E-state index contributed by atoms with van der Waals surface area (Å²) in [5, 5.41) is 3.02. The van der Waals surface area contributed by atoms with E-state index in [1.807, 2.05) is 29.2 Å². The van der Waals surface area contributed by atoms with Gasteiger partial charge in [-0.2, -0.15) is 0 Å². The average molecular weight is 445 g/mol. The number of nitrogens with two attached hydrogens (primary N) is 1. The molecular formula is C21H34Cl2N4O2. The quantitative estimate of drug-likeness (QED) is 0.731. The highest BCUT2D eigenvalue weighted by Crippen LogP contribution is 2.25. The van der Waals surface area contributed by atoms with Crippen molar-refractivity contribution >= 4 is 42.3 Å². The number of nitrogens with zero attached hydrogens (tertiary/aromatic N) is 2. The highest BCUT2D eigenvalue weighted by Gasteiger charge is 2.31. The highest BCUT2D eigenvalue weighted by molar-refractivity contribution is 5.93. The molecule has 1 heterocycles. The Morgan fingerprint density at radius 1 is 1.10 bits per heavy atom. The van der Waals surface area contributed by atoms with E-state index < -0.39 is 0 Å². The van der Waals surface area contributed by atoms with E-state index in [4.69, 9.17) is 5.73 Å². The lowest BCUT2D eigenvalue weighted by molar-refractivity contribution is -0.138. The summed E-state index contributed by atoms with van der Waals surface area (Å²) < 4.78 is 0. The summed E-state index contributed by atoms with van der Waals surface area (Å²) in [5.41, 5.74) is 8.07. The van der Waals surface area contributed by atoms with Crippen LogP contribution in [-0.2, 0) is 16.0 Å². The molecule has 2 unspecified atom stereocenters. The SMILES string of the molecule is CCc1ccccc1NC(=O)CN1CCN(C(=O)C2CCCC(N)C2)CC1.Cl.Cl. The molecule has 29 heavy (non-hydrogen) atoms. The lowest BCUT2D eigenvalue weighted by Gasteiger charge is -2.37. The molecule has 164 valence electrons. The van der Waals surface area contributed by atoms with E-state index in [1.54, 1.807) is 0 Å². The Kier molecular flexibility index (Phi) is 11.0. The fourth-order valence-electron chi connectivity index (χ4n) is 4.18. The molecule has 0 radical (unpaired) electrons. The van der Waals surface area contributed by atoms with E-state index in [1.165, 1.54) is 0 Å². The Bertz CT molecular complexity index is 666. The zero-order valence-corrected chi connectivity index (χ0v) is 18.8. The third-order valence-corrected chi connectivity index (χ3v) is 5.79. The van der Waals surface area contributed by atoms with Crippen molar-refractivity contribution in [3.05, 3.63) is 29.8 Å². The first-order valence-electron chi connectivity index (χ1n) is 10.2. The molecule has 0 spiro atoms. The van der Waals surface area contributed by atoms with E-state index >= 15 is 0 Å². The van der Waals surface area contributed by atoms with Crippen molar-refractivity contribution in [2.45, 2.75) is 45.1 Å². The molecule has 3 N–H and O–H groups in total. The monoisotopic (exact) mass is 444 g/mol. The van der Waals surface area contributed by atoms with Crippen LogP contribution in [0.15, 0.2) is 24.3 Å². The van der Waals surface area contributed by atoms with Gasteiger partial charge in [0.15, 0.2) is 0 Å². The Labute approximate surface area is 186 Å². The van der Waals surface area contributed by atoms with Gasteiger partial charge in [-0.25, -0.2) is 0 Å². The molecule has 0 aromatic heterocycles. The lowest BCUT2D eigenvalue weighted by atomic mass is 9.85. The molecule has 2 aliphatic rings. The molecule has 1 saturated carbocycles. The summed E-state index contributed by atoms with van der Waals surface area (Å²) in [5.74, 6) is 0.356. The zero-order valence-electron chi connectivity index (χ0n) is 17.1. The van der Waals surface area contributed by atoms with Crippen molar-refractivity contribution in [3.63, 3.8) is 0 Å². The molecule has 2 fully saturated rings. The van der Waals surface area contributed by atoms with Crippen LogP contribution in [0.2, 0.25) is 0 Å². The maximum atomic E-state index is 12.7. The summed E-state index contributed by atoms with van der Waals surface area (Å²) in [6.07, 6.45) is 4.76. The van der Waals surface area contributed by atoms with Crippen LogP contribution in [0, 0.1) is 5.92 Å². The van der Waals surface area contributed by atoms with Crippen LogP contribution < -0.4 is 11.1 Å². The molecule has 2 amide bonds. The fraction of sp³-hybridized carbons (Fsp3) is 0.619. The summed E-state index contributed by atoms with van der Waals surface area (Å²) in [4.78, 5) is 29.2. The first-order chi connectivity index (χ1) is 13.1. The second-order valence-electron chi connectivity index (χ2n) is 7.78. The molecule has 1 aliphatic heterocycles. The van der Waals surface area contributed by atoms with Crippen LogP contribution in [0.25, 0.3) is 0 Å². The van der Waals surface area contributed by atoms with Gasteiger partial charge in [0.05, 0.1) is 6.54 Å². The van der Waals surface area contributed by atoms with Crippen LogP contribution in [0.1, 0.15) is 38.2 Å². The van der Waals surface area contributed by atoms with Crippen LogP contribution in [0.4, 0.5) is 5.69 Å².